The Morgan fingerprint density at radius 3 is 2.73 bits per heavy atom. The van der Waals surface area contributed by atoms with Gasteiger partial charge in [0.15, 0.2) is 11.5 Å². The maximum Gasteiger partial charge on any atom is 0.339 e. The van der Waals surface area contributed by atoms with Crippen LogP contribution in [0.5, 0.6) is 11.5 Å². The molecule has 0 aliphatic heterocycles. The fourth-order valence-electron chi connectivity index (χ4n) is 1.35. The van der Waals surface area contributed by atoms with Crippen molar-refractivity contribution >= 4 is 5.97 Å². The number of para-hydroxylation sites is 1. The molecule has 1 aliphatic carbocycles. The van der Waals surface area contributed by atoms with E-state index in [4.69, 9.17) is 14.6 Å². The van der Waals surface area contributed by atoms with E-state index in [2.05, 4.69) is 0 Å². The highest BCUT2D eigenvalue weighted by Crippen LogP contribution is 2.35. The summed E-state index contributed by atoms with van der Waals surface area (Å²) in [4.78, 5) is 10.9. The third-order valence-electron chi connectivity index (χ3n) is 2.23. The predicted molar refractivity (Wildman–Crippen MR) is 53.6 cm³/mol. The van der Waals surface area contributed by atoms with Crippen molar-refractivity contribution in [2.24, 2.45) is 0 Å². The second-order valence-corrected chi connectivity index (χ2v) is 3.46. The van der Waals surface area contributed by atoms with Crippen LogP contribution in [-0.4, -0.2) is 24.3 Å². The summed E-state index contributed by atoms with van der Waals surface area (Å²) in [5, 5.41) is 8.94. The molecule has 1 aromatic rings. The minimum Gasteiger partial charge on any atom is -0.492 e. The Hall–Kier alpha value is -1.71. The van der Waals surface area contributed by atoms with E-state index in [1.165, 1.54) is 13.2 Å². The lowest BCUT2D eigenvalue weighted by Gasteiger charge is -2.11. The number of carboxylic acids is 1. The third-order valence-corrected chi connectivity index (χ3v) is 2.23. The van der Waals surface area contributed by atoms with Gasteiger partial charge in [0, 0.05) is 0 Å². The first-order chi connectivity index (χ1) is 7.22. The molecule has 15 heavy (non-hydrogen) atoms. The van der Waals surface area contributed by atoms with Gasteiger partial charge in [0.1, 0.15) is 5.56 Å². The van der Waals surface area contributed by atoms with Crippen molar-refractivity contribution in [3.8, 4) is 11.5 Å². The molecule has 1 aliphatic rings. The number of benzene rings is 1. The summed E-state index contributed by atoms with van der Waals surface area (Å²) in [5.74, 6) is -0.190. The van der Waals surface area contributed by atoms with Gasteiger partial charge in [-0.1, -0.05) is 6.07 Å². The van der Waals surface area contributed by atoms with Crippen molar-refractivity contribution in [1.82, 2.24) is 0 Å². The van der Waals surface area contributed by atoms with Crippen LogP contribution in [0.15, 0.2) is 18.2 Å². The monoisotopic (exact) mass is 208 g/mol. The number of hydrogen-bond donors (Lipinski definition) is 1. The molecule has 1 N–H and O–H groups in total. The van der Waals surface area contributed by atoms with Crippen molar-refractivity contribution in [3.63, 3.8) is 0 Å². The van der Waals surface area contributed by atoms with Crippen LogP contribution in [0.2, 0.25) is 0 Å². The van der Waals surface area contributed by atoms with Crippen LogP contribution in [0.25, 0.3) is 0 Å². The predicted octanol–water partition coefficient (Wildman–Crippen LogP) is 1.93. The van der Waals surface area contributed by atoms with Gasteiger partial charge in [-0.3, -0.25) is 0 Å². The Kier molecular flexibility index (Phi) is 2.49. The Morgan fingerprint density at radius 2 is 2.20 bits per heavy atom. The molecule has 2 rings (SSSR count). The van der Waals surface area contributed by atoms with E-state index in [9.17, 15) is 4.79 Å². The number of carbonyl (C=O) groups is 1. The summed E-state index contributed by atoms with van der Waals surface area (Å²) in [6.07, 6.45) is 2.28. The molecule has 0 aromatic heterocycles. The highest BCUT2D eigenvalue weighted by molar-refractivity contribution is 5.92. The van der Waals surface area contributed by atoms with Crippen LogP contribution >= 0.6 is 0 Å². The average molecular weight is 208 g/mol. The van der Waals surface area contributed by atoms with E-state index in [1.807, 2.05) is 0 Å². The zero-order chi connectivity index (χ0) is 10.8. The van der Waals surface area contributed by atoms with Crippen LogP contribution in [0, 0.1) is 0 Å². The summed E-state index contributed by atoms with van der Waals surface area (Å²) in [6.45, 7) is 0. The van der Waals surface area contributed by atoms with E-state index >= 15 is 0 Å². The molecule has 1 saturated carbocycles. The van der Waals surface area contributed by atoms with E-state index in [0.717, 1.165) is 12.8 Å². The SMILES string of the molecule is COc1c(OC2CC2)cccc1C(=O)O. The summed E-state index contributed by atoms with van der Waals surface area (Å²) >= 11 is 0. The van der Waals surface area contributed by atoms with Gasteiger partial charge >= 0.3 is 5.97 Å². The number of aromatic carboxylic acids is 1. The fourth-order valence-corrected chi connectivity index (χ4v) is 1.35. The molecular weight excluding hydrogens is 196 g/mol. The number of methoxy groups -OCH3 is 1. The quantitative estimate of drug-likeness (QED) is 0.821. The van der Waals surface area contributed by atoms with Gasteiger partial charge in [0.05, 0.1) is 13.2 Å². The van der Waals surface area contributed by atoms with E-state index in [1.54, 1.807) is 12.1 Å². The molecule has 0 atom stereocenters. The van der Waals surface area contributed by atoms with Gasteiger partial charge in [-0.05, 0) is 25.0 Å². The van der Waals surface area contributed by atoms with E-state index < -0.39 is 5.97 Å². The van der Waals surface area contributed by atoms with Gasteiger partial charge in [0.25, 0.3) is 0 Å². The molecule has 1 fully saturated rings. The molecule has 1 aromatic carbocycles. The lowest BCUT2D eigenvalue weighted by molar-refractivity contribution is 0.0692. The number of hydrogen-bond acceptors (Lipinski definition) is 3. The normalized spacial score (nSPS) is 14.7. The molecule has 0 radical (unpaired) electrons. The Balaban J connectivity index is 2.34. The highest BCUT2D eigenvalue weighted by Gasteiger charge is 2.26. The molecule has 0 spiro atoms. The lowest BCUT2D eigenvalue weighted by atomic mass is 10.2. The average Bonchev–Trinajstić information content (AvgIpc) is 3.01. The third kappa shape index (κ3) is 2.03. The summed E-state index contributed by atoms with van der Waals surface area (Å²) in [7, 11) is 1.45. The maximum atomic E-state index is 10.9. The molecule has 80 valence electrons. The van der Waals surface area contributed by atoms with Gasteiger partial charge in [-0.15, -0.1) is 0 Å². The molecule has 0 amide bonds. The van der Waals surface area contributed by atoms with Crippen molar-refractivity contribution in [2.75, 3.05) is 7.11 Å². The maximum absolute atomic E-state index is 10.9. The second kappa shape index (κ2) is 3.81. The summed E-state index contributed by atoms with van der Waals surface area (Å²) in [6, 6.07) is 4.88. The van der Waals surface area contributed by atoms with Crippen molar-refractivity contribution in [2.45, 2.75) is 18.9 Å². The molecule has 0 bridgehead atoms. The largest absolute Gasteiger partial charge is 0.492 e. The topological polar surface area (TPSA) is 55.8 Å². The van der Waals surface area contributed by atoms with Crippen LogP contribution < -0.4 is 9.47 Å². The first-order valence-electron chi connectivity index (χ1n) is 4.79. The van der Waals surface area contributed by atoms with Gasteiger partial charge < -0.3 is 14.6 Å². The summed E-state index contributed by atoms with van der Waals surface area (Å²) < 4.78 is 10.6. The fraction of sp³-hybridized carbons (Fsp3) is 0.364. The van der Waals surface area contributed by atoms with Crippen LogP contribution in [0.4, 0.5) is 0 Å². The van der Waals surface area contributed by atoms with Gasteiger partial charge in [-0.2, -0.15) is 0 Å². The molecular formula is C11H12O4. The molecule has 4 heteroatoms. The van der Waals surface area contributed by atoms with E-state index in [-0.39, 0.29) is 11.7 Å². The molecule has 0 unspecified atom stereocenters. The van der Waals surface area contributed by atoms with Crippen molar-refractivity contribution < 1.29 is 19.4 Å². The first-order valence-corrected chi connectivity index (χ1v) is 4.79. The first kappa shape index (κ1) is 9.83. The summed E-state index contributed by atoms with van der Waals surface area (Å²) in [5.41, 5.74) is 0.135. The van der Waals surface area contributed by atoms with Crippen LogP contribution in [0.3, 0.4) is 0 Å². The minimum atomic E-state index is -1.01. The second-order valence-electron chi connectivity index (χ2n) is 3.46. The minimum absolute atomic E-state index is 0.135. The van der Waals surface area contributed by atoms with Crippen LogP contribution in [0.1, 0.15) is 23.2 Å². The number of ether oxygens (including phenoxy) is 2. The number of rotatable bonds is 4. The molecule has 4 nitrogen and oxygen atoms in total. The Morgan fingerprint density at radius 1 is 1.47 bits per heavy atom. The molecule has 0 saturated heterocycles. The zero-order valence-electron chi connectivity index (χ0n) is 8.40. The highest BCUT2D eigenvalue weighted by atomic mass is 16.5. The zero-order valence-corrected chi connectivity index (χ0v) is 8.40. The smallest absolute Gasteiger partial charge is 0.339 e. The van der Waals surface area contributed by atoms with Gasteiger partial charge in [0.2, 0.25) is 0 Å². The Labute approximate surface area is 87.4 Å². The van der Waals surface area contributed by atoms with Gasteiger partial charge in [-0.25, -0.2) is 4.79 Å². The van der Waals surface area contributed by atoms with Crippen LogP contribution in [-0.2, 0) is 0 Å². The molecule has 0 heterocycles. The number of carboxylic acid groups (broad SMARTS) is 1. The lowest BCUT2D eigenvalue weighted by Crippen LogP contribution is -2.04. The Bertz CT molecular complexity index is 382. The van der Waals surface area contributed by atoms with Crippen molar-refractivity contribution in [3.05, 3.63) is 23.8 Å². The standard InChI is InChI=1S/C11H12O4/c1-14-10-8(11(12)13)3-2-4-9(10)15-7-5-6-7/h2-4,7H,5-6H2,1H3,(H,12,13). The van der Waals surface area contributed by atoms with Crippen molar-refractivity contribution in [1.29, 1.82) is 0 Å². The van der Waals surface area contributed by atoms with E-state index in [0.29, 0.717) is 11.5 Å².